The van der Waals surface area contributed by atoms with Gasteiger partial charge in [-0.25, -0.2) is 4.98 Å². The molecule has 1 aliphatic rings. The number of aryl methyl sites for hydroxylation is 1. The molecule has 1 aliphatic heterocycles. The van der Waals surface area contributed by atoms with Crippen molar-refractivity contribution in [2.45, 2.75) is 45.0 Å². The van der Waals surface area contributed by atoms with Gasteiger partial charge in [0.05, 0.1) is 23.3 Å². The number of fused-ring (bicyclic) bond motifs is 1. The Bertz CT molecular complexity index is 866. The number of imidazole rings is 1. The third-order valence-corrected chi connectivity index (χ3v) is 4.98. The van der Waals surface area contributed by atoms with Crippen molar-refractivity contribution >= 4 is 11.0 Å². The Balaban J connectivity index is 1.51. The van der Waals surface area contributed by atoms with E-state index in [0.717, 1.165) is 42.1 Å². The maximum atomic E-state index is 6.03. The van der Waals surface area contributed by atoms with E-state index in [9.17, 15) is 0 Å². The van der Waals surface area contributed by atoms with Crippen LogP contribution < -0.4 is 5.32 Å². The molecule has 2 aromatic heterocycles. The van der Waals surface area contributed by atoms with Crippen LogP contribution in [-0.2, 0) is 18.3 Å². The molecule has 6 heteroatoms. The molecule has 4 rings (SSSR count). The van der Waals surface area contributed by atoms with Crippen molar-refractivity contribution in [3.63, 3.8) is 0 Å². The third kappa shape index (κ3) is 2.96. The number of nitrogens with zero attached hydrogens (tertiary/aromatic N) is 4. The lowest BCUT2D eigenvalue weighted by Crippen LogP contribution is -2.33. The van der Waals surface area contributed by atoms with Crippen LogP contribution in [0.15, 0.2) is 36.5 Å². The lowest BCUT2D eigenvalue weighted by atomic mass is 10.1. The molecule has 1 aromatic carbocycles. The Kier molecular flexibility index (Phi) is 4.31. The number of rotatable bonds is 5. The third-order valence-electron chi connectivity index (χ3n) is 4.98. The van der Waals surface area contributed by atoms with Crippen LogP contribution in [0.3, 0.4) is 0 Å². The normalized spacial score (nSPS) is 20.8. The van der Waals surface area contributed by atoms with Crippen molar-refractivity contribution in [1.82, 2.24) is 24.6 Å². The Hall–Kier alpha value is -2.18. The van der Waals surface area contributed by atoms with Gasteiger partial charge in [0, 0.05) is 31.9 Å². The zero-order valence-electron chi connectivity index (χ0n) is 15.0. The van der Waals surface area contributed by atoms with E-state index in [1.165, 1.54) is 0 Å². The second kappa shape index (κ2) is 6.61. The summed E-state index contributed by atoms with van der Waals surface area (Å²) in [6.45, 7) is 5.79. The molecule has 3 aromatic rings. The van der Waals surface area contributed by atoms with Crippen molar-refractivity contribution in [3.05, 3.63) is 48.0 Å². The molecule has 3 heterocycles. The van der Waals surface area contributed by atoms with E-state index in [0.29, 0.717) is 6.04 Å². The first-order valence-corrected chi connectivity index (χ1v) is 8.94. The first-order valence-electron chi connectivity index (χ1n) is 8.94. The number of hydrogen-bond acceptors (Lipinski definition) is 4. The summed E-state index contributed by atoms with van der Waals surface area (Å²) < 4.78 is 10.2. The highest BCUT2D eigenvalue weighted by Gasteiger charge is 2.32. The number of aromatic nitrogens is 4. The Morgan fingerprint density at radius 1 is 1.28 bits per heavy atom. The molecule has 2 atom stereocenters. The van der Waals surface area contributed by atoms with Gasteiger partial charge >= 0.3 is 0 Å². The van der Waals surface area contributed by atoms with Crippen LogP contribution in [0, 0.1) is 0 Å². The Labute approximate surface area is 147 Å². The number of para-hydroxylation sites is 2. The molecular formula is C19H25N5O. The van der Waals surface area contributed by atoms with Crippen LogP contribution in [-0.4, -0.2) is 32.0 Å². The van der Waals surface area contributed by atoms with Gasteiger partial charge in [-0.1, -0.05) is 12.1 Å². The summed E-state index contributed by atoms with van der Waals surface area (Å²) in [7, 11) is 2.07. The molecule has 0 aliphatic carbocycles. The maximum absolute atomic E-state index is 6.03. The maximum Gasteiger partial charge on any atom is 0.123 e. The monoisotopic (exact) mass is 339 g/mol. The predicted octanol–water partition coefficient (Wildman–Crippen LogP) is 2.97. The Morgan fingerprint density at radius 3 is 2.92 bits per heavy atom. The Morgan fingerprint density at radius 2 is 2.12 bits per heavy atom. The van der Waals surface area contributed by atoms with Crippen LogP contribution in [0.4, 0.5) is 0 Å². The predicted molar refractivity (Wildman–Crippen MR) is 97.3 cm³/mol. The number of hydrogen-bond donors (Lipinski definition) is 1. The fourth-order valence-electron chi connectivity index (χ4n) is 3.65. The summed E-state index contributed by atoms with van der Waals surface area (Å²) >= 11 is 0. The minimum Gasteiger partial charge on any atom is -0.370 e. The van der Waals surface area contributed by atoms with Crippen molar-refractivity contribution in [2.75, 3.05) is 6.61 Å². The van der Waals surface area contributed by atoms with Crippen molar-refractivity contribution < 1.29 is 4.74 Å². The van der Waals surface area contributed by atoms with Crippen molar-refractivity contribution in [3.8, 4) is 0 Å². The number of nitrogens with one attached hydrogen (secondary N) is 1. The van der Waals surface area contributed by atoms with E-state index in [4.69, 9.17) is 9.72 Å². The molecule has 1 saturated heterocycles. The highest BCUT2D eigenvalue weighted by molar-refractivity contribution is 5.75. The van der Waals surface area contributed by atoms with Gasteiger partial charge < -0.3 is 14.6 Å². The molecule has 0 radical (unpaired) electrons. The number of benzene rings is 1. The van der Waals surface area contributed by atoms with Gasteiger partial charge in [-0.15, -0.1) is 0 Å². The summed E-state index contributed by atoms with van der Waals surface area (Å²) in [6.07, 6.45) is 2.90. The fraction of sp³-hybridized carbons (Fsp3) is 0.474. The van der Waals surface area contributed by atoms with E-state index in [2.05, 4.69) is 64.8 Å². The van der Waals surface area contributed by atoms with Gasteiger partial charge in [-0.05, 0) is 38.5 Å². The topological polar surface area (TPSA) is 56.9 Å². The van der Waals surface area contributed by atoms with Crippen LogP contribution in [0.1, 0.15) is 43.9 Å². The minimum atomic E-state index is 0.0413. The largest absolute Gasteiger partial charge is 0.370 e. The van der Waals surface area contributed by atoms with E-state index >= 15 is 0 Å². The highest BCUT2D eigenvalue weighted by Crippen LogP contribution is 2.30. The molecule has 1 fully saturated rings. The van der Waals surface area contributed by atoms with Gasteiger partial charge in [0.15, 0.2) is 0 Å². The first kappa shape index (κ1) is 16.3. The lowest BCUT2D eigenvalue weighted by Gasteiger charge is -2.22. The molecule has 6 nitrogen and oxygen atoms in total. The standard InChI is InChI=1S/C19H25N5O/c1-13(2)24-17(8-10-21-24)19-15(9-11-25-19)20-12-18-22-14-6-4-5-7-16(14)23(18)3/h4-8,10,13,15,19-20H,9,11-12H2,1-3H3/t15-,19-/m0/s1. The molecule has 132 valence electrons. The van der Waals surface area contributed by atoms with Crippen LogP contribution in [0.25, 0.3) is 11.0 Å². The van der Waals surface area contributed by atoms with Crippen LogP contribution >= 0.6 is 0 Å². The lowest BCUT2D eigenvalue weighted by molar-refractivity contribution is 0.0897. The van der Waals surface area contributed by atoms with Gasteiger partial charge in [-0.2, -0.15) is 5.10 Å². The van der Waals surface area contributed by atoms with E-state index in [1.54, 1.807) is 0 Å². The highest BCUT2D eigenvalue weighted by atomic mass is 16.5. The number of ether oxygens (including phenoxy) is 1. The van der Waals surface area contributed by atoms with E-state index < -0.39 is 0 Å². The molecule has 1 N–H and O–H groups in total. The SMILES string of the molecule is CC(C)n1nccc1[C@H]1OCC[C@@H]1NCc1nc2ccccc2n1C. The average Bonchev–Trinajstić information content (AvgIpc) is 3.31. The summed E-state index contributed by atoms with van der Waals surface area (Å²) in [5.41, 5.74) is 3.35. The van der Waals surface area contributed by atoms with Crippen molar-refractivity contribution in [1.29, 1.82) is 0 Å². The van der Waals surface area contributed by atoms with Crippen LogP contribution in [0.2, 0.25) is 0 Å². The molecule has 25 heavy (non-hydrogen) atoms. The smallest absolute Gasteiger partial charge is 0.123 e. The minimum absolute atomic E-state index is 0.0413. The molecular weight excluding hydrogens is 314 g/mol. The first-order chi connectivity index (χ1) is 12.1. The second-order valence-electron chi connectivity index (χ2n) is 6.94. The van der Waals surface area contributed by atoms with Gasteiger partial charge in [-0.3, -0.25) is 4.68 Å². The quantitative estimate of drug-likeness (QED) is 0.776. The van der Waals surface area contributed by atoms with Gasteiger partial charge in [0.2, 0.25) is 0 Å². The second-order valence-corrected chi connectivity index (χ2v) is 6.94. The molecule has 0 saturated carbocycles. The summed E-state index contributed by atoms with van der Waals surface area (Å²) in [4.78, 5) is 4.75. The summed E-state index contributed by atoms with van der Waals surface area (Å²) in [5.74, 6) is 1.05. The van der Waals surface area contributed by atoms with Crippen LogP contribution in [0.5, 0.6) is 0 Å². The average molecular weight is 339 g/mol. The van der Waals surface area contributed by atoms with E-state index in [-0.39, 0.29) is 12.1 Å². The zero-order valence-corrected chi connectivity index (χ0v) is 15.0. The van der Waals surface area contributed by atoms with Crippen molar-refractivity contribution in [2.24, 2.45) is 7.05 Å². The van der Waals surface area contributed by atoms with Gasteiger partial charge in [0.25, 0.3) is 0 Å². The van der Waals surface area contributed by atoms with Gasteiger partial charge in [0.1, 0.15) is 11.9 Å². The molecule has 0 bridgehead atoms. The molecule has 0 spiro atoms. The van der Waals surface area contributed by atoms with E-state index in [1.807, 2.05) is 12.3 Å². The zero-order chi connectivity index (χ0) is 17.4. The fourth-order valence-corrected chi connectivity index (χ4v) is 3.65. The molecule has 0 amide bonds. The summed E-state index contributed by atoms with van der Waals surface area (Å²) in [6, 6.07) is 10.9. The molecule has 0 unspecified atom stereocenters. The summed E-state index contributed by atoms with van der Waals surface area (Å²) in [5, 5.41) is 8.10.